The van der Waals surface area contributed by atoms with E-state index in [0.29, 0.717) is 12.5 Å². The van der Waals surface area contributed by atoms with Crippen LogP contribution < -0.4 is 16.0 Å². The molecule has 1 saturated carbocycles. The third-order valence-electron chi connectivity index (χ3n) is 5.74. The van der Waals surface area contributed by atoms with Crippen molar-refractivity contribution < 1.29 is 14.4 Å². The molecule has 0 radical (unpaired) electrons. The first-order valence-corrected chi connectivity index (χ1v) is 9.61. The summed E-state index contributed by atoms with van der Waals surface area (Å²) in [5.41, 5.74) is -0.402. The van der Waals surface area contributed by atoms with Crippen LogP contribution in [0.4, 0.5) is 4.79 Å². The fourth-order valence-electron chi connectivity index (χ4n) is 4.19. The van der Waals surface area contributed by atoms with Gasteiger partial charge in [0, 0.05) is 12.6 Å². The van der Waals surface area contributed by atoms with Gasteiger partial charge in [-0.3, -0.25) is 14.4 Å². The third kappa shape index (κ3) is 4.39. The van der Waals surface area contributed by atoms with Crippen LogP contribution in [0.25, 0.3) is 0 Å². The van der Waals surface area contributed by atoms with E-state index in [1.165, 1.54) is 7.85 Å². The molecule has 26 heavy (non-hydrogen) atoms. The highest BCUT2D eigenvalue weighted by Gasteiger charge is 2.49. The van der Waals surface area contributed by atoms with Gasteiger partial charge in [-0.2, -0.15) is 0 Å². The van der Waals surface area contributed by atoms with Gasteiger partial charge in [-0.25, -0.2) is 0 Å². The van der Waals surface area contributed by atoms with Gasteiger partial charge in [0.1, 0.15) is 6.04 Å². The second-order valence-electron chi connectivity index (χ2n) is 8.77. The van der Waals surface area contributed by atoms with Gasteiger partial charge < -0.3 is 20.9 Å². The fraction of sp³-hybridized carbons (Fsp3) is 0.833. The normalized spacial score (nSPS) is 27.6. The molecular formula is C18H33BN4O3. The Balaban J connectivity index is 2.19. The van der Waals surface area contributed by atoms with Crippen molar-refractivity contribution in [1.82, 2.24) is 20.9 Å². The molecule has 1 aliphatic heterocycles. The summed E-state index contributed by atoms with van der Waals surface area (Å²) in [5, 5.41) is 8.86. The Bertz CT molecular complexity index is 563. The highest BCUT2D eigenvalue weighted by atomic mass is 16.2. The summed E-state index contributed by atoms with van der Waals surface area (Å²) in [6.07, 6.45) is 2.90. The molecule has 5 atom stereocenters. The second-order valence-corrected chi connectivity index (χ2v) is 8.77. The van der Waals surface area contributed by atoms with Crippen LogP contribution in [0.15, 0.2) is 0 Å². The number of carbonyl (C=O) groups excluding carboxylic acids is 3. The van der Waals surface area contributed by atoms with Crippen LogP contribution >= 0.6 is 0 Å². The Morgan fingerprint density at radius 2 is 1.81 bits per heavy atom. The minimum Gasteiger partial charge on any atom is -0.361 e. The lowest BCUT2D eigenvalue weighted by atomic mass is 9.85. The van der Waals surface area contributed by atoms with Gasteiger partial charge in [-0.15, -0.1) is 0 Å². The largest absolute Gasteiger partial charge is 0.361 e. The Labute approximate surface area is 157 Å². The molecule has 1 aliphatic carbocycles. The van der Waals surface area contributed by atoms with E-state index >= 15 is 0 Å². The number of fused-ring (bicyclic) bond motifs is 1. The van der Waals surface area contributed by atoms with Gasteiger partial charge >= 0.3 is 0 Å². The second kappa shape index (κ2) is 7.98. The number of hydrogen-bond acceptors (Lipinski definition) is 4. The zero-order valence-corrected chi connectivity index (χ0v) is 16.9. The number of likely N-dealkylation sites (tertiary alicyclic amines) is 1. The van der Waals surface area contributed by atoms with Crippen LogP contribution in [-0.4, -0.2) is 68.1 Å². The molecule has 0 aromatic rings. The first-order valence-electron chi connectivity index (χ1n) is 9.61. The van der Waals surface area contributed by atoms with Crippen LogP contribution in [0.2, 0.25) is 0 Å². The van der Waals surface area contributed by atoms with E-state index in [9.17, 15) is 14.4 Å². The highest BCUT2D eigenvalue weighted by molar-refractivity contribution is 6.57. The summed E-state index contributed by atoms with van der Waals surface area (Å²) in [7, 11) is 3.24. The molecule has 3 amide bonds. The predicted octanol–water partition coefficient (Wildman–Crippen LogP) is -0.153. The number of nitrogens with one attached hydrogen (secondary N) is 3. The maximum atomic E-state index is 13.4. The summed E-state index contributed by atoms with van der Waals surface area (Å²) in [6, 6.07) is -0.910. The minimum absolute atomic E-state index is 0.0106. The van der Waals surface area contributed by atoms with Gasteiger partial charge in [0.2, 0.25) is 19.7 Å². The van der Waals surface area contributed by atoms with Crippen molar-refractivity contribution in [3.8, 4) is 0 Å². The molecule has 0 bridgehead atoms. The number of nitrogens with zero attached hydrogens (tertiary/aromatic N) is 1. The van der Waals surface area contributed by atoms with E-state index in [0.717, 1.165) is 19.3 Å². The first-order chi connectivity index (χ1) is 12.1. The van der Waals surface area contributed by atoms with Gasteiger partial charge in [-0.1, -0.05) is 20.8 Å². The van der Waals surface area contributed by atoms with Crippen molar-refractivity contribution in [2.24, 2.45) is 11.3 Å². The van der Waals surface area contributed by atoms with Gasteiger partial charge in [0.15, 0.2) is 5.81 Å². The maximum Gasteiger partial charge on any atom is 0.246 e. The molecular weight excluding hydrogens is 331 g/mol. The zero-order chi connectivity index (χ0) is 19.6. The number of carbonyl (C=O) groups is 3. The lowest BCUT2D eigenvalue weighted by Crippen LogP contribution is -2.60. The van der Waals surface area contributed by atoms with E-state index in [2.05, 4.69) is 16.0 Å². The quantitative estimate of drug-likeness (QED) is 0.592. The average Bonchev–Trinajstić information content (AvgIpc) is 3.12. The molecule has 8 heteroatoms. The standard InChI is InChI=1S/C18H33BN4O3/c1-10(20-5)15(24)22-14(18(2,3)4)16(25)23-9-8-11-6-7-12(13(11)23)21-17(19)26/h10-14,20H,6-9,19H2,1-5H3,(H,21,26)(H,22,24)/t10-,11+,12-,13-,14?/m0/s1. The van der Waals surface area contributed by atoms with Crippen molar-refractivity contribution in [2.45, 2.75) is 71.1 Å². The Morgan fingerprint density at radius 1 is 1.15 bits per heavy atom. The fourth-order valence-corrected chi connectivity index (χ4v) is 4.19. The molecule has 1 saturated heterocycles. The summed E-state index contributed by atoms with van der Waals surface area (Å²) in [6.45, 7) is 8.36. The van der Waals surface area contributed by atoms with Crippen LogP contribution in [0.3, 0.4) is 0 Å². The molecule has 0 aromatic carbocycles. The summed E-state index contributed by atoms with van der Waals surface area (Å²) < 4.78 is 0. The summed E-state index contributed by atoms with van der Waals surface area (Å²) >= 11 is 0. The highest BCUT2D eigenvalue weighted by Crippen LogP contribution is 2.39. The van der Waals surface area contributed by atoms with Crippen molar-refractivity contribution >= 4 is 25.5 Å². The van der Waals surface area contributed by atoms with E-state index in [1.807, 2.05) is 25.7 Å². The molecule has 146 valence electrons. The lowest BCUT2D eigenvalue weighted by Gasteiger charge is -2.37. The van der Waals surface area contributed by atoms with E-state index in [4.69, 9.17) is 0 Å². The van der Waals surface area contributed by atoms with E-state index in [1.54, 1.807) is 14.0 Å². The topological polar surface area (TPSA) is 90.5 Å². The van der Waals surface area contributed by atoms with Gasteiger partial charge in [0.25, 0.3) is 0 Å². The number of hydrogen-bond donors (Lipinski definition) is 3. The van der Waals surface area contributed by atoms with E-state index < -0.39 is 11.5 Å². The number of likely N-dealkylation sites (N-methyl/N-ethyl adjacent to an activating group) is 1. The molecule has 7 nitrogen and oxygen atoms in total. The van der Waals surface area contributed by atoms with Gasteiger partial charge in [-0.05, 0) is 44.6 Å². The van der Waals surface area contributed by atoms with Crippen LogP contribution in [0.5, 0.6) is 0 Å². The minimum atomic E-state index is -0.594. The maximum absolute atomic E-state index is 13.4. The average molecular weight is 364 g/mol. The molecule has 2 fully saturated rings. The Kier molecular flexibility index (Phi) is 6.37. The van der Waals surface area contributed by atoms with Crippen molar-refractivity contribution in [3.63, 3.8) is 0 Å². The van der Waals surface area contributed by atoms with Crippen molar-refractivity contribution in [1.29, 1.82) is 0 Å². The number of rotatable bonds is 5. The smallest absolute Gasteiger partial charge is 0.246 e. The molecule has 0 spiro atoms. The van der Waals surface area contributed by atoms with Crippen molar-refractivity contribution in [3.05, 3.63) is 0 Å². The zero-order valence-electron chi connectivity index (χ0n) is 16.9. The van der Waals surface area contributed by atoms with Gasteiger partial charge in [0.05, 0.1) is 12.1 Å². The monoisotopic (exact) mass is 364 g/mol. The van der Waals surface area contributed by atoms with Crippen LogP contribution in [-0.2, 0) is 9.59 Å². The molecule has 2 aliphatic rings. The predicted molar refractivity (Wildman–Crippen MR) is 104 cm³/mol. The molecule has 0 aromatic heterocycles. The Hall–Kier alpha value is -1.57. The Morgan fingerprint density at radius 3 is 2.35 bits per heavy atom. The molecule has 1 unspecified atom stereocenters. The third-order valence-corrected chi connectivity index (χ3v) is 5.74. The molecule has 1 heterocycles. The number of amides is 3. The van der Waals surface area contributed by atoms with Crippen LogP contribution in [0.1, 0.15) is 47.0 Å². The lowest BCUT2D eigenvalue weighted by molar-refractivity contribution is -0.141. The molecule has 2 rings (SSSR count). The van der Waals surface area contributed by atoms with Crippen molar-refractivity contribution in [2.75, 3.05) is 13.6 Å². The van der Waals surface area contributed by atoms with Crippen LogP contribution in [0, 0.1) is 11.3 Å². The molecule has 3 N–H and O–H groups in total. The first kappa shape index (κ1) is 20.7. The van der Waals surface area contributed by atoms with E-state index in [-0.39, 0.29) is 35.7 Å². The summed E-state index contributed by atoms with van der Waals surface area (Å²) in [5.74, 6) is 0.155. The summed E-state index contributed by atoms with van der Waals surface area (Å²) in [4.78, 5) is 39.2. The SMILES string of the molecule is BC(=O)N[C@H]1CC[C@@H]2CCN(C(=O)C(NC(=O)[C@H](C)NC)C(C)(C)C)[C@@H]21.